The van der Waals surface area contributed by atoms with Crippen LogP contribution in [-0.4, -0.2) is 16.6 Å². The molecule has 7 heteroatoms. The van der Waals surface area contributed by atoms with Crippen molar-refractivity contribution in [2.75, 3.05) is 4.90 Å². The fraction of sp³-hybridized carbons (Fsp3) is 0.360. The minimum absolute atomic E-state index is 0.0383. The average molecular weight is 453 g/mol. The van der Waals surface area contributed by atoms with Crippen molar-refractivity contribution in [3.8, 4) is 0 Å². The van der Waals surface area contributed by atoms with Gasteiger partial charge in [-0.15, -0.1) is 0 Å². The molecule has 1 aliphatic heterocycles. The Labute approximate surface area is 192 Å². The Hall–Kier alpha value is -2.99. The summed E-state index contributed by atoms with van der Waals surface area (Å²) in [7, 11) is 0. The van der Waals surface area contributed by atoms with Crippen molar-refractivity contribution in [1.82, 2.24) is 0 Å². The first-order chi connectivity index (χ1) is 15.1. The lowest BCUT2D eigenvalue weighted by molar-refractivity contribution is -0.384. The SMILES string of the molecule is CCc1ccc(C2CC(=O)N(c3ccc([N+](=O)[O-])cc3Cl)C3=C2C(=O)CC(C)(C)C3)cc1. The minimum atomic E-state index is -0.526. The Bertz CT molecular complexity index is 1150. The lowest BCUT2D eigenvalue weighted by Crippen LogP contribution is -2.43. The number of hydrogen-bond donors (Lipinski definition) is 0. The quantitative estimate of drug-likeness (QED) is 0.422. The Morgan fingerprint density at radius 2 is 1.81 bits per heavy atom. The molecule has 0 saturated carbocycles. The van der Waals surface area contributed by atoms with Crippen LogP contribution in [0.5, 0.6) is 0 Å². The van der Waals surface area contributed by atoms with Gasteiger partial charge in [0.2, 0.25) is 5.91 Å². The molecule has 2 aliphatic rings. The fourth-order valence-electron chi connectivity index (χ4n) is 4.76. The first-order valence-corrected chi connectivity index (χ1v) is 11.1. The fourth-order valence-corrected chi connectivity index (χ4v) is 5.02. The second-order valence-electron chi connectivity index (χ2n) is 9.28. The zero-order chi connectivity index (χ0) is 23.2. The summed E-state index contributed by atoms with van der Waals surface area (Å²) in [5.41, 5.74) is 3.37. The van der Waals surface area contributed by atoms with E-state index >= 15 is 0 Å². The number of Topliss-reactive ketones (excluding diaryl/α,β-unsaturated/α-hetero) is 1. The number of nitro groups is 1. The predicted octanol–water partition coefficient (Wildman–Crippen LogP) is 5.97. The van der Waals surface area contributed by atoms with Crippen LogP contribution in [0.4, 0.5) is 11.4 Å². The molecule has 2 aromatic rings. The summed E-state index contributed by atoms with van der Waals surface area (Å²) in [6, 6.07) is 12.2. The Kier molecular flexibility index (Phi) is 5.67. The normalized spacial score (nSPS) is 20.4. The highest BCUT2D eigenvalue weighted by molar-refractivity contribution is 6.34. The Balaban J connectivity index is 1.87. The van der Waals surface area contributed by atoms with E-state index in [4.69, 9.17) is 11.6 Å². The molecule has 6 nitrogen and oxygen atoms in total. The Morgan fingerprint density at radius 1 is 1.12 bits per heavy atom. The Morgan fingerprint density at radius 3 is 2.41 bits per heavy atom. The first-order valence-electron chi connectivity index (χ1n) is 10.7. The summed E-state index contributed by atoms with van der Waals surface area (Å²) >= 11 is 6.39. The molecule has 0 radical (unpaired) electrons. The number of allylic oxidation sites excluding steroid dienone is 2. The molecule has 1 aliphatic carbocycles. The maximum Gasteiger partial charge on any atom is 0.271 e. The molecule has 0 fully saturated rings. The number of carbonyl (C=O) groups is 2. The van der Waals surface area contributed by atoms with Crippen LogP contribution in [0.1, 0.15) is 57.1 Å². The molecule has 0 spiro atoms. The lowest BCUT2D eigenvalue weighted by Gasteiger charge is -2.43. The van der Waals surface area contributed by atoms with Crippen molar-refractivity contribution in [3.63, 3.8) is 0 Å². The predicted molar refractivity (Wildman–Crippen MR) is 124 cm³/mol. The summed E-state index contributed by atoms with van der Waals surface area (Å²) in [6.45, 7) is 6.10. The number of nitro benzene ring substituents is 1. The van der Waals surface area contributed by atoms with Gasteiger partial charge in [0.15, 0.2) is 5.78 Å². The van der Waals surface area contributed by atoms with Gasteiger partial charge in [0, 0.05) is 42.2 Å². The molecule has 0 aromatic heterocycles. The van der Waals surface area contributed by atoms with E-state index in [1.807, 2.05) is 38.1 Å². The van der Waals surface area contributed by atoms with Crippen LogP contribution in [0.15, 0.2) is 53.7 Å². The molecule has 1 amide bonds. The number of rotatable bonds is 4. The lowest BCUT2D eigenvalue weighted by atomic mass is 9.69. The summed E-state index contributed by atoms with van der Waals surface area (Å²) < 4.78 is 0. The number of carbonyl (C=O) groups excluding carboxylic acids is 2. The van der Waals surface area contributed by atoms with E-state index in [0.29, 0.717) is 29.8 Å². The van der Waals surface area contributed by atoms with Gasteiger partial charge in [-0.1, -0.05) is 56.6 Å². The minimum Gasteiger partial charge on any atom is -0.294 e. The molecular formula is C25H25ClN2O4. The monoisotopic (exact) mass is 452 g/mol. The molecule has 2 aromatic carbocycles. The molecule has 1 unspecified atom stereocenters. The summed E-state index contributed by atoms with van der Waals surface area (Å²) in [5, 5.41) is 11.2. The maximum absolute atomic E-state index is 13.4. The summed E-state index contributed by atoms with van der Waals surface area (Å²) in [5.74, 6) is -0.439. The van der Waals surface area contributed by atoms with E-state index in [1.54, 1.807) is 0 Å². The van der Waals surface area contributed by atoms with Gasteiger partial charge in [0.25, 0.3) is 5.69 Å². The zero-order valence-corrected chi connectivity index (χ0v) is 19.1. The number of ketones is 1. The van der Waals surface area contributed by atoms with Crippen molar-refractivity contribution in [1.29, 1.82) is 0 Å². The van der Waals surface area contributed by atoms with E-state index in [1.165, 1.54) is 28.7 Å². The number of hydrogen-bond acceptors (Lipinski definition) is 4. The van der Waals surface area contributed by atoms with Gasteiger partial charge in [0.05, 0.1) is 15.6 Å². The number of halogens is 1. The number of amides is 1. The number of anilines is 1. The van der Waals surface area contributed by atoms with Gasteiger partial charge >= 0.3 is 0 Å². The highest BCUT2D eigenvalue weighted by atomic mass is 35.5. The van der Waals surface area contributed by atoms with Gasteiger partial charge in [-0.3, -0.25) is 24.6 Å². The van der Waals surface area contributed by atoms with Gasteiger partial charge in [-0.05, 0) is 35.4 Å². The van der Waals surface area contributed by atoms with Crippen LogP contribution in [-0.2, 0) is 16.0 Å². The zero-order valence-electron chi connectivity index (χ0n) is 18.4. The largest absolute Gasteiger partial charge is 0.294 e. The number of benzene rings is 2. The van der Waals surface area contributed by atoms with Crippen LogP contribution < -0.4 is 4.90 Å². The third kappa shape index (κ3) is 3.95. The van der Waals surface area contributed by atoms with Crippen LogP contribution in [0.2, 0.25) is 5.02 Å². The summed E-state index contributed by atoms with van der Waals surface area (Å²) in [6.07, 6.45) is 2.00. The first kappa shape index (κ1) is 22.2. The van der Waals surface area contributed by atoms with Crippen molar-refractivity contribution >= 4 is 34.7 Å². The number of aryl methyl sites for hydroxylation is 1. The van der Waals surface area contributed by atoms with Gasteiger partial charge < -0.3 is 0 Å². The third-order valence-corrected chi connectivity index (χ3v) is 6.62. The van der Waals surface area contributed by atoms with Gasteiger partial charge in [-0.25, -0.2) is 0 Å². The van der Waals surface area contributed by atoms with Crippen LogP contribution >= 0.6 is 11.6 Å². The van der Waals surface area contributed by atoms with E-state index in [0.717, 1.165) is 12.0 Å². The molecule has 1 heterocycles. The average Bonchev–Trinajstić information content (AvgIpc) is 2.72. The molecular weight excluding hydrogens is 428 g/mol. The molecule has 1 atom stereocenters. The molecule has 32 heavy (non-hydrogen) atoms. The van der Waals surface area contributed by atoms with Crippen LogP contribution in [0.3, 0.4) is 0 Å². The smallest absolute Gasteiger partial charge is 0.271 e. The molecule has 4 rings (SSSR count). The number of nitrogens with zero attached hydrogens (tertiary/aromatic N) is 2. The van der Waals surface area contributed by atoms with Gasteiger partial charge in [-0.2, -0.15) is 0 Å². The molecule has 0 N–H and O–H groups in total. The molecule has 0 saturated heterocycles. The van der Waals surface area contributed by atoms with E-state index in [9.17, 15) is 19.7 Å². The topological polar surface area (TPSA) is 80.5 Å². The van der Waals surface area contributed by atoms with E-state index in [2.05, 4.69) is 6.92 Å². The van der Waals surface area contributed by atoms with Crippen molar-refractivity contribution in [3.05, 3.63) is 80.0 Å². The molecule has 0 bridgehead atoms. The maximum atomic E-state index is 13.4. The second kappa shape index (κ2) is 8.17. The van der Waals surface area contributed by atoms with Crippen molar-refractivity contribution < 1.29 is 14.5 Å². The van der Waals surface area contributed by atoms with Crippen molar-refractivity contribution in [2.24, 2.45) is 5.41 Å². The van der Waals surface area contributed by atoms with Gasteiger partial charge in [0.1, 0.15) is 0 Å². The van der Waals surface area contributed by atoms with Crippen molar-refractivity contribution in [2.45, 2.75) is 52.4 Å². The second-order valence-corrected chi connectivity index (χ2v) is 9.68. The van der Waals surface area contributed by atoms with E-state index < -0.39 is 4.92 Å². The highest BCUT2D eigenvalue weighted by Gasteiger charge is 2.44. The standard InChI is InChI=1S/C25H25ClN2O4/c1-4-15-5-7-16(8-6-15)18-12-23(30)27(20-10-9-17(28(31)32)11-19(20)26)21-13-25(2,3)14-22(29)24(18)21/h5-11,18H,4,12-14H2,1-3H3. The summed E-state index contributed by atoms with van der Waals surface area (Å²) in [4.78, 5) is 38.9. The molecule has 166 valence electrons. The third-order valence-electron chi connectivity index (χ3n) is 6.32. The highest BCUT2D eigenvalue weighted by Crippen LogP contribution is 2.49. The van der Waals surface area contributed by atoms with Crippen LogP contribution in [0, 0.1) is 15.5 Å². The van der Waals surface area contributed by atoms with Crippen LogP contribution in [0.25, 0.3) is 0 Å². The van der Waals surface area contributed by atoms with E-state index in [-0.39, 0.29) is 40.2 Å². The number of non-ortho nitro benzene ring substituents is 1.